The lowest BCUT2D eigenvalue weighted by molar-refractivity contribution is -0.287. The molecule has 6 nitrogen and oxygen atoms in total. The maximum atomic E-state index is 12.1. The number of esters is 2. The van der Waals surface area contributed by atoms with E-state index in [-0.39, 0.29) is 31.8 Å². The molecule has 0 amide bonds. The van der Waals surface area contributed by atoms with Crippen LogP contribution in [0.4, 0.5) is 0 Å². The minimum absolute atomic E-state index is 0.0866. The first-order valence-electron chi connectivity index (χ1n) is 9.59. The number of carbonyl (C=O) groups excluding carboxylic acids is 2. The first-order valence-corrected chi connectivity index (χ1v) is 9.97. The predicted octanol–water partition coefficient (Wildman–Crippen LogP) is 4.80. The van der Waals surface area contributed by atoms with E-state index in [2.05, 4.69) is 20.4 Å². The van der Waals surface area contributed by atoms with Gasteiger partial charge in [0, 0.05) is 11.5 Å². The normalized spacial score (nSPS) is 12.5. The fourth-order valence-corrected chi connectivity index (χ4v) is 2.47. The largest absolute Gasteiger partial charge is 0.462 e. The number of hydrogen-bond acceptors (Lipinski definition) is 6. The third-order valence-electron chi connectivity index (χ3n) is 4.10. The van der Waals surface area contributed by atoms with Crippen molar-refractivity contribution in [2.45, 2.75) is 66.2 Å². The second kappa shape index (κ2) is 14.9. The molecule has 0 spiro atoms. The fraction of sp³-hybridized carbons (Fsp3) is 0.800. The molecule has 0 aromatic carbocycles. The highest BCUT2D eigenvalue weighted by atomic mass is 35.5. The molecule has 0 saturated heterocycles. The van der Waals surface area contributed by atoms with Gasteiger partial charge in [-0.25, -0.2) is 9.78 Å². The lowest BCUT2D eigenvalue weighted by atomic mass is 9.82. The molecular weight excluding hydrogens is 372 g/mol. The number of ether oxygens (including phenoxy) is 2. The molecule has 158 valence electrons. The molecule has 0 aliphatic rings. The summed E-state index contributed by atoms with van der Waals surface area (Å²) in [5, 5.41) is 0.377. The second-order valence-electron chi connectivity index (χ2n) is 7.37. The molecule has 0 aromatic rings. The average molecular weight is 407 g/mol. The Morgan fingerprint density at radius 3 is 2.33 bits per heavy atom. The van der Waals surface area contributed by atoms with E-state index in [1.807, 2.05) is 13.8 Å². The monoisotopic (exact) mass is 406 g/mol. The van der Waals surface area contributed by atoms with Gasteiger partial charge in [0.1, 0.15) is 19.8 Å². The summed E-state index contributed by atoms with van der Waals surface area (Å²) in [7, 11) is 0. The first kappa shape index (κ1) is 25.9. The summed E-state index contributed by atoms with van der Waals surface area (Å²) in [6, 6.07) is 0. The van der Waals surface area contributed by atoms with Crippen molar-refractivity contribution in [3.63, 3.8) is 0 Å². The highest BCUT2D eigenvalue weighted by Gasteiger charge is 2.30. The highest BCUT2D eigenvalue weighted by Crippen LogP contribution is 2.28. The number of hydrogen-bond donors (Lipinski definition) is 0. The maximum absolute atomic E-state index is 12.1. The minimum atomic E-state index is -0.526. The van der Waals surface area contributed by atoms with Gasteiger partial charge in [0.05, 0.1) is 12.0 Å². The molecule has 0 saturated carbocycles. The van der Waals surface area contributed by atoms with Crippen LogP contribution in [0, 0.1) is 11.3 Å². The molecule has 0 bridgehead atoms. The Hall–Kier alpha value is -1.11. The molecule has 0 aliphatic carbocycles. The summed E-state index contributed by atoms with van der Waals surface area (Å²) < 4.78 is 10.3. The van der Waals surface area contributed by atoms with Gasteiger partial charge in [-0.2, -0.15) is 0 Å². The zero-order chi connectivity index (χ0) is 20.7. The maximum Gasteiger partial charge on any atom is 0.311 e. The van der Waals surface area contributed by atoms with Gasteiger partial charge in [-0.05, 0) is 39.0 Å². The SMILES string of the molecule is C=C(Cl)COOCCCCCC(=O)OCCOC(=O)C(C)(C)CC(C)CC. The zero-order valence-electron chi connectivity index (χ0n) is 17.2. The summed E-state index contributed by atoms with van der Waals surface area (Å²) >= 11 is 5.51. The summed E-state index contributed by atoms with van der Waals surface area (Å²) in [6.07, 6.45) is 4.41. The van der Waals surface area contributed by atoms with Crippen LogP contribution in [-0.2, 0) is 28.8 Å². The van der Waals surface area contributed by atoms with Gasteiger partial charge in [-0.15, -0.1) is 0 Å². The third kappa shape index (κ3) is 14.6. The number of unbranched alkanes of at least 4 members (excludes halogenated alkanes) is 2. The minimum Gasteiger partial charge on any atom is -0.462 e. The van der Waals surface area contributed by atoms with Crippen LogP contribution in [0.15, 0.2) is 11.6 Å². The molecule has 1 atom stereocenters. The van der Waals surface area contributed by atoms with Crippen molar-refractivity contribution < 1.29 is 28.8 Å². The first-order chi connectivity index (χ1) is 12.7. The molecule has 0 aromatic heterocycles. The van der Waals surface area contributed by atoms with Crippen molar-refractivity contribution in [1.82, 2.24) is 0 Å². The Morgan fingerprint density at radius 1 is 1.04 bits per heavy atom. The summed E-state index contributed by atoms with van der Waals surface area (Å²) in [4.78, 5) is 33.5. The van der Waals surface area contributed by atoms with Crippen molar-refractivity contribution in [2.24, 2.45) is 11.3 Å². The van der Waals surface area contributed by atoms with Crippen molar-refractivity contribution in [1.29, 1.82) is 0 Å². The van der Waals surface area contributed by atoms with Crippen molar-refractivity contribution in [3.05, 3.63) is 11.6 Å². The smallest absolute Gasteiger partial charge is 0.311 e. The highest BCUT2D eigenvalue weighted by molar-refractivity contribution is 6.29. The van der Waals surface area contributed by atoms with Gasteiger partial charge >= 0.3 is 11.9 Å². The Kier molecular flexibility index (Phi) is 14.3. The van der Waals surface area contributed by atoms with E-state index in [0.717, 1.165) is 25.7 Å². The van der Waals surface area contributed by atoms with Crippen LogP contribution in [0.5, 0.6) is 0 Å². The fourth-order valence-electron chi connectivity index (χ4n) is 2.43. The number of rotatable bonds is 16. The lowest BCUT2D eigenvalue weighted by Crippen LogP contribution is -2.29. The standard InChI is InChI=1S/C20H35ClO6/c1-6-16(2)14-20(4,5)19(23)25-13-12-24-18(22)10-8-7-9-11-26-27-15-17(3)21/h16H,3,6-15H2,1-2,4-5H3. The van der Waals surface area contributed by atoms with E-state index < -0.39 is 5.41 Å². The van der Waals surface area contributed by atoms with E-state index in [4.69, 9.17) is 30.8 Å². The Bertz CT molecular complexity index is 450. The van der Waals surface area contributed by atoms with E-state index in [9.17, 15) is 9.59 Å². The molecule has 0 fully saturated rings. The molecule has 0 N–H and O–H groups in total. The molecular formula is C20H35ClO6. The van der Waals surface area contributed by atoms with Crippen LogP contribution >= 0.6 is 11.6 Å². The van der Waals surface area contributed by atoms with Crippen LogP contribution < -0.4 is 0 Å². The van der Waals surface area contributed by atoms with Crippen molar-refractivity contribution in [2.75, 3.05) is 26.4 Å². The average Bonchev–Trinajstić information content (AvgIpc) is 2.59. The van der Waals surface area contributed by atoms with Crippen LogP contribution in [0.3, 0.4) is 0 Å². The summed E-state index contributed by atoms with van der Waals surface area (Å²) in [5.41, 5.74) is -0.526. The molecule has 0 aliphatic heterocycles. The van der Waals surface area contributed by atoms with Crippen molar-refractivity contribution in [3.8, 4) is 0 Å². The van der Waals surface area contributed by atoms with Gasteiger partial charge in [-0.1, -0.05) is 44.9 Å². The number of halogens is 1. The molecule has 0 heterocycles. The van der Waals surface area contributed by atoms with Crippen LogP contribution in [0.2, 0.25) is 0 Å². The van der Waals surface area contributed by atoms with E-state index in [1.165, 1.54) is 0 Å². The summed E-state index contributed by atoms with van der Waals surface area (Å²) in [5.74, 6) is -0.0820. The third-order valence-corrected chi connectivity index (χ3v) is 4.20. The molecule has 7 heteroatoms. The molecule has 1 unspecified atom stereocenters. The second-order valence-corrected chi connectivity index (χ2v) is 7.90. The number of carbonyl (C=O) groups is 2. The quantitative estimate of drug-likeness (QED) is 0.159. The van der Waals surface area contributed by atoms with Crippen LogP contribution in [0.1, 0.15) is 66.2 Å². The molecule has 0 rings (SSSR count). The Morgan fingerprint density at radius 2 is 1.70 bits per heavy atom. The van der Waals surface area contributed by atoms with E-state index in [1.54, 1.807) is 0 Å². The van der Waals surface area contributed by atoms with Crippen LogP contribution in [0.25, 0.3) is 0 Å². The predicted molar refractivity (Wildman–Crippen MR) is 105 cm³/mol. The Balaban J connectivity index is 3.66. The Labute approximate surface area is 168 Å². The summed E-state index contributed by atoms with van der Waals surface area (Å²) in [6.45, 7) is 12.2. The lowest BCUT2D eigenvalue weighted by Gasteiger charge is -2.25. The van der Waals surface area contributed by atoms with Gasteiger partial charge in [-0.3, -0.25) is 9.59 Å². The van der Waals surface area contributed by atoms with Gasteiger partial charge < -0.3 is 9.47 Å². The molecule has 0 radical (unpaired) electrons. The van der Waals surface area contributed by atoms with Crippen molar-refractivity contribution >= 4 is 23.5 Å². The zero-order valence-corrected chi connectivity index (χ0v) is 17.9. The van der Waals surface area contributed by atoms with Gasteiger partial charge in [0.2, 0.25) is 0 Å². The van der Waals surface area contributed by atoms with Gasteiger partial charge in [0.25, 0.3) is 0 Å². The van der Waals surface area contributed by atoms with Crippen LogP contribution in [-0.4, -0.2) is 38.4 Å². The topological polar surface area (TPSA) is 71.1 Å². The van der Waals surface area contributed by atoms with E-state index >= 15 is 0 Å². The molecule has 27 heavy (non-hydrogen) atoms. The van der Waals surface area contributed by atoms with Gasteiger partial charge in [0.15, 0.2) is 0 Å². The van der Waals surface area contributed by atoms with E-state index in [0.29, 0.717) is 30.4 Å².